The van der Waals surface area contributed by atoms with Gasteiger partial charge in [0.05, 0.1) is 12.7 Å². The molecule has 0 aliphatic heterocycles. The van der Waals surface area contributed by atoms with E-state index >= 15 is 0 Å². The van der Waals surface area contributed by atoms with Crippen LogP contribution in [0.5, 0.6) is 5.75 Å². The first-order valence-corrected chi connectivity index (χ1v) is 9.40. The number of ether oxygens (including phenoxy) is 1. The van der Waals surface area contributed by atoms with Gasteiger partial charge < -0.3 is 15.4 Å². The Morgan fingerprint density at radius 2 is 2.12 bits per heavy atom. The molecule has 2 N–H and O–H groups in total. The molecular formula is C17H24F3N3OS. The summed E-state index contributed by atoms with van der Waals surface area (Å²) in [4.78, 5) is 4.12. The van der Waals surface area contributed by atoms with E-state index in [1.807, 2.05) is 11.8 Å². The third kappa shape index (κ3) is 5.45. The summed E-state index contributed by atoms with van der Waals surface area (Å²) >= 11 is 1.85. The molecule has 1 aromatic rings. The maximum Gasteiger partial charge on any atom is 0.416 e. The summed E-state index contributed by atoms with van der Waals surface area (Å²) in [5.74, 6) is 0.711. The highest BCUT2D eigenvalue weighted by molar-refractivity contribution is 7.99. The number of hydrogen-bond donors (Lipinski definition) is 2. The van der Waals surface area contributed by atoms with Gasteiger partial charge in [0, 0.05) is 24.9 Å². The quantitative estimate of drug-likeness (QED) is 0.609. The fourth-order valence-electron chi connectivity index (χ4n) is 2.95. The Morgan fingerprint density at radius 3 is 2.68 bits per heavy atom. The number of nitrogens with one attached hydrogen (secondary N) is 2. The zero-order valence-corrected chi connectivity index (χ0v) is 15.4. The Kier molecular flexibility index (Phi) is 6.87. The maximum atomic E-state index is 13.2. The molecule has 0 saturated heterocycles. The lowest BCUT2D eigenvalue weighted by Crippen LogP contribution is -2.42. The zero-order chi connectivity index (χ0) is 18.4. The number of alkyl halides is 3. The number of benzene rings is 1. The average Bonchev–Trinajstić information content (AvgIpc) is 3.05. The molecule has 1 fully saturated rings. The van der Waals surface area contributed by atoms with Crippen molar-refractivity contribution in [2.45, 2.75) is 43.3 Å². The molecular weight excluding hydrogens is 351 g/mol. The summed E-state index contributed by atoms with van der Waals surface area (Å²) in [5, 5.41) is 6.92. The number of thioether (sulfide) groups is 1. The third-order valence-electron chi connectivity index (χ3n) is 4.35. The molecule has 0 bridgehead atoms. The van der Waals surface area contributed by atoms with Crippen LogP contribution in [0.25, 0.3) is 0 Å². The van der Waals surface area contributed by atoms with E-state index in [1.54, 1.807) is 7.05 Å². The van der Waals surface area contributed by atoms with E-state index in [1.165, 1.54) is 19.2 Å². The second kappa shape index (κ2) is 8.69. The third-order valence-corrected chi connectivity index (χ3v) is 5.45. The van der Waals surface area contributed by atoms with Gasteiger partial charge in [-0.05, 0) is 43.2 Å². The lowest BCUT2D eigenvalue weighted by molar-refractivity contribution is -0.138. The topological polar surface area (TPSA) is 45.7 Å². The van der Waals surface area contributed by atoms with E-state index in [4.69, 9.17) is 4.74 Å². The first kappa shape index (κ1) is 19.8. The van der Waals surface area contributed by atoms with Crippen LogP contribution >= 0.6 is 11.8 Å². The molecule has 2 atom stereocenters. The number of guanidine groups is 1. The van der Waals surface area contributed by atoms with Crippen LogP contribution in [0, 0.1) is 0 Å². The molecule has 4 nitrogen and oxygen atoms in total. The lowest BCUT2D eigenvalue weighted by atomic mass is 10.1. The van der Waals surface area contributed by atoms with Crippen LogP contribution in [-0.4, -0.2) is 37.7 Å². The molecule has 25 heavy (non-hydrogen) atoms. The highest BCUT2D eigenvalue weighted by Crippen LogP contribution is 2.34. The molecule has 2 unspecified atom stereocenters. The fourth-order valence-corrected chi connectivity index (χ4v) is 3.75. The second-order valence-corrected chi connectivity index (χ2v) is 7.10. The lowest BCUT2D eigenvalue weighted by Gasteiger charge is -2.19. The standard InChI is InChI=1S/C17H24F3N3OS/c1-21-16(23-12-5-7-14(8-12)25-3)22-10-11-4-6-13(24-2)9-15(11)17(18,19)20/h4,6,9,12,14H,5,7-8,10H2,1-3H3,(H2,21,22,23). The molecule has 1 saturated carbocycles. The van der Waals surface area contributed by atoms with Gasteiger partial charge >= 0.3 is 6.18 Å². The van der Waals surface area contributed by atoms with Gasteiger partial charge in [-0.1, -0.05) is 6.07 Å². The number of aliphatic imine (C=N–C) groups is 1. The molecule has 1 aromatic carbocycles. The largest absolute Gasteiger partial charge is 0.497 e. The molecule has 0 spiro atoms. The van der Waals surface area contributed by atoms with Gasteiger partial charge in [-0.2, -0.15) is 24.9 Å². The number of rotatable bonds is 5. The first-order valence-electron chi connectivity index (χ1n) is 8.11. The number of methoxy groups -OCH3 is 1. The van der Waals surface area contributed by atoms with Crippen molar-refractivity contribution in [1.29, 1.82) is 0 Å². The van der Waals surface area contributed by atoms with Crippen LogP contribution in [0.4, 0.5) is 13.2 Å². The predicted molar refractivity (Wildman–Crippen MR) is 96.3 cm³/mol. The average molecular weight is 375 g/mol. The smallest absolute Gasteiger partial charge is 0.416 e. The van der Waals surface area contributed by atoms with Gasteiger partial charge in [-0.3, -0.25) is 4.99 Å². The van der Waals surface area contributed by atoms with Gasteiger partial charge in [-0.15, -0.1) is 0 Å². The van der Waals surface area contributed by atoms with Crippen molar-refractivity contribution in [2.75, 3.05) is 20.4 Å². The number of halogens is 3. The van der Waals surface area contributed by atoms with Crippen molar-refractivity contribution in [1.82, 2.24) is 10.6 Å². The minimum absolute atomic E-state index is 0.0389. The normalized spacial score (nSPS) is 21.3. The van der Waals surface area contributed by atoms with Crippen LogP contribution in [0.2, 0.25) is 0 Å². The Balaban J connectivity index is 2.02. The molecule has 0 heterocycles. The van der Waals surface area contributed by atoms with Crippen LogP contribution in [0.15, 0.2) is 23.2 Å². The second-order valence-electron chi connectivity index (χ2n) is 5.96. The molecule has 8 heteroatoms. The SMILES string of the molecule is CN=C(NCc1ccc(OC)cc1C(F)(F)F)NC1CCC(SC)C1. The molecule has 2 rings (SSSR count). The molecule has 140 valence electrons. The van der Waals surface area contributed by atoms with Gasteiger partial charge in [0.15, 0.2) is 5.96 Å². The Hall–Kier alpha value is -1.57. The zero-order valence-electron chi connectivity index (χ0n) is 14.6. The van der Waals surface area contributed by atoms with Crippen molar-refractivity contribution in [3.63, 3.8) is 0 Å². The molecule has 0 amide bonds. The van der Waals surface area contributed by atoms with Crippen molar-refractivity contribution >= 4 is 17.7 Å². The summed E-state index contributed by atoms with van der Waals surface area (Å²) in [6.45, 7) is 0.0389. The minimum atomic E-state index is -4.43. The van der Waals surface area contributed by atoms with E-state index in [0.717, 1.165) is 25.3 Å². The van der Waals surface area contributed by atoms with E-state index in [9.17, 15) is 13.2 Å². The van der Waals surface area contributed by atoms with Crippen LogP contribution < -0.4 is 15.4 Å². The van der Waals surface area contributed by atoms with E-state index < -0.39 is 11.7 Å². The van der Waals surface area contributed by atoms with Crippen LogP contribution in [0.1, 0.15) is 30.4 Å². The number of nitrogens with zero attached hydrogens (tertiary/aromatic N) is 1. The van der Waals surface area contributed by atoms with Crippen molar-refractivity contribution in [2.24, 2.45) is 4.99 Å². The first-order chi connectivity index (χ1) is 11.9. The summed E-state index contributed by atoms with van der Waals surface area (Å²) in [6.07, 6.45) is 0.898. The highest BCUT2D eigenvalue weighted by Gasteiger charge is 2.34. The number of hydrogen-bond acceptors (Lipinski definition) is 3. The maximum absolute atomic E-state index is 13.2. The Labute approximate surface area is 150 Å². The van der Waals surface area contributed by atoms with Gasteiger partial charge in [0.25, 0.3) is 0 Å². The van der Waals surface area contributed by atoms with E-state index in [-0.39, 0.29) is 17.9 Å². The van der Waals surface area contributed by atoms with Crippen molar-refractivity contribution in [3.05, 3.63) is 29.3 Å². The molecule has 0 aromatic heterocycles. The molecule has 0 radical (unpaired) electrons. The van der Waals surface area contributed by atoms with Crippen LogP contribution in [0.3, 0.4) is 0 Å². The Bertz CT molecular complexity index is 607. The highest BCUT2D eigenvalue weighted by atomic mass is 32.2. The van der Waals surface area contributed by atoms with Crippen LogP contribution in [-0.2, 0) is 12.7 Å². The van der Waals surface area contributed by atoms with Crippen molar-refractivity contribution < 1.29 is 17.9 Å². The monoisotopic (exact) mass is 375 g/mol. The van der Waals surface area contributed by atoms with Gasteiger partial charge in [0.1, 0.15) is 5.75 Å². The minimum Gasteiger partial charge on any atom is -0.497 e. The van der Waals surface area contributed by atoms with Gasteiger partial charge in [0.2, 0.25) is 0 Å². The summed E-state index contributed by atoms with van der Waals surface area (Å²) in [5.41, 5.74) is -0.539. The summed E-state index contributed by atoms with van der Waals surface area (Å²) < 4.78 is 44.6. The molecule has 1 aliphatic carbocycles. The summed E-state index contributed by atoms with van der Waals surface area (Å²) in [7, 11) is 2.97. The van der Waals surface area contributed by atoms with E-state index in [0.29, 0.717) is 17.3 Å². The fraction of sp³-hybridized carbons (Fsp3) is 0.588. The predicted octanol–water partition coefficient (Wildman–Crippen LogP) is 3.66. The summed E-state index contributed by atoms with van der Waals surface area (Å²) in [6, 6.07) is 4.29. The Morgan fingerprint density at radius 1 is 1.36 bits per heavy atom. The van der Waals surface area contributed by atoms with Gasteiger partial charge in [-0.25, -0.2) is 0 Å². The molecule has 1 aliphatic rings. The van der Waals surface area contributed by atoms with E-state index in [2.05, 4.69) is 21.9 Å². The van der Waals surface area contributed by atoms with Crippen molar-refractivity contribution in [3.8, 4) is 5.75 Å².